The minimum Gasteiger partial charge on any atom is -0.377 e. The number of ether oxygens (including phenoxy) is 1. The van der Waals surface area contributed by atoms with Crippen molar-refractivity contribution in [2.75, 3.05) is 36.5 Å². The van der Waals surface area contributed by atoms with E-state index in [4.69, 9.17) is 9.72 Å². The monoisotopic (exact) mass is 431 g/mol. The zero-order chi connectivity index (χ0) is 21.3. The smallest absolute Gasteiger partial charge is 0.319 e. The van der Waals surface area contributed by atoms with Crippen molar-refractivity contribution in [1.29, 1.82) is 0 Å². The maximum Gasteiger partial charge on any atom is 0.319 e. The van der Waals surface area contributed by atoms with Crippen LogP contribution in [0.4, 0.5) is 16.3 Å². The first-order valence-electron chi connectivity index (χ1n) is 9.96. The van der Waals surface area contributed by atoms with Crippen LogP contribution in [0.1, 0.15) is 25.1 Å². The molecule has 3 heterocycles. The molecule has 0 radical (unpaired) electrons. The van der Waals surface area contributed by atoms with Gasteiger partial charge >= 0.3 is 6.03 Å². The largest absolute Gasteiger partial charge is 0.377 e. The number of urea groups is 1. The summed E-state index contributed by atoms with van der Waals surface area (Å²) < 4.78 is 30.1. The molecule has 2 aliphatic heterocycles. The zero-order valence-electron chi connectivity index (χ0n) is 17.0. The second-order valence-electron chi connectivity index (χ2n) is 7.51. The fourth-order valence-electron chi connectivity index (χ4n) is 3.71. The average molecular weight is 432 g/mol. The van der Waals surface area contributed by atoms with E-state index in [-0.39, 0.29) is 23.6 Å². The summed E-state index contributed by atoms with van der Waals surface area (Å²) in [7, 11) is -3.22. The first-order chi connectivity index (χ1) is 14.4. The van der Waals surface area contributed by atoms with E-state index >= 15 is 0 Å². The molecule has 1 saturated heterocycles. The minimum atomic E-state index is -3.22. The molecule has 0 bridgehead atoms. The van der Waals surface area contributed by atoms with E-state index in [1.165, 1.54) is 0 Å². The van der Waals surface area contributed by atoms with Crippen LogP contribution in [0.2, 0.25) is 0 Å². The van der Waals surface area contributed by atoms with E-state index in [1.807, 2.05) is 26.0 Å². The third kappa shape index (κ3) is 4.24. The number of anilines is 2. The molecule has 0 aliphatic carbocycles. The van der Waals surface area contributed by atoms with Gasteiger partial charge in [-0.25, -0.2) is 23.2 Å². The van der Waals surface area contributed by atoms with E-state index < -0.39 is 9.84 Å². The lowest BCUT2D eigenvalue weighted by molar-refractivity contribution is 0.0984. The summed E-state index contributed by atoms with van der Waals surface area (Å²) >= 11 is 0. The highest BCUT2D eigenvalue weighted by molar-refractivity contribution is 7.90. The van der Waals surface area contributed by atoms with Crippen LogP contribution in [-0.4, -0.2) is 56.8 Å². The Morgan fingerprint density at radius 3 is 2.70 bits per heavy atom. The molecular weight excluding hydrogens is 406 g/mol. The lowest BCUT2D eigenvalue weighted by Crippen LogP contribution is -2.44. The molecule has 0 spiro atoms. The summed E-state index contributed by atoms with van der Waals surface area (Å²) in [4.78, 5) is 23.1. The number of amides is 2. The van der Waals surface area contributed by atoms with Crippen molar-refractivity contribution in [3.8, 4) is 11.4 Å². The molecule has 160 valence electrons. The molecule has 4 rings (SSSR count). The first-order valence-corrected chi connectivity index (χ1v) is 11.8. The van der Waals surface area contributed by atoms with Crippen molar-refractivity contribution in [3.63, 3.8) is 0 Å². The lowest BCUT2D eigenvalue weighted by atomic mass is 10.1. The second-order valence-corrected chi connectivity index (χ2v) is 9.57. The maximum absolute atomic E-state index is 12.3. The number of carbonyl (C=O) groups is 1. The van der Waals surface area contributed by atoms with E-state index in [0.717, 1.165) is 5.56 Å². The highest BCUT2D eigenvalue weighted by Crippen LogP contribution is 2.34. The topological polar surface area (TPSA) is 114 Å². The summed E-state index contributed by atoms with van der Waals surface area (Å²) in [6.07, 6.45) is 0. The van der Waals surface area contributed by atoms with Crippen molar-refractivity contribution in [2.45, 2.75) is 31.4 Å². The van der Waals surface area contributed by atoms with Gasteiger partial charge in [0.15, 0.2) is 15.7 Å². The standard InChI is InChI=1S/C20H25N5O4S/c1-3-21-20(26)22-15-6-4-14(5-7-15)18-23-17-12-30(27,28)11-16(17)19(24-18)25-8-9-29-10-13(25)2/h4-7,13H,3,8-12H2,1-2H3,(H2,21,22,26)/t13-/m1/s1. The van der Waals surface area contributed by atoms with Crippen LogP contribution in [-0.2, 0) is 26.1 Å². The van der Waals surface area contributed by atoms with Crippen LogP contribution in [0.5, 0.6) is 0 Å². The normalized spacial score (nSPS) is 19.9. The van der Waals surface area contributed by atoms with Crippen LogP contribution in [0.25, 0.3) is 11.4 Å². The predicted octanol–water partition coefficient (Wildman–Crippen LogP) is 1.94. The third-order valence-electron chi connectivity index (χ3n) is 5.17. The maximum atomic E-state index is 12.3. The Morgan fingerprint density at radius 2 is 2.00 bits per heavy atom. The quantitative estimate of drug-likeness (QED) is 0.760. The highest BCUT2D eigenvalue weighted by atomic mass is 32.2. The van der Waals surface area contributed by atoms with E-state index in [0.29, 0.717) is 54.9 Å². The van der Waals surface area contributed by atoms with Gasteiger partial charge in [0.05, 0.1) is 36.5 Å². The number of fused-ring (bicyclic) bond motifs is 1. The Bertz CT molecular complexity index is 1060. The fourth-order valence-corrected chi connectivity index (χ4v) is 5.20. The molecule has 9 nitrogen and oxygen atoms in total. The average Bonchev–Trinajstić information content (AvgIpc) is 3.02. The fraction of sp³-hybridized carbons (Fsp3) is 0.450. The van der Waals surface area contributed by atoms with Crippen molar-refractivity contribution in [3.05, 3.63) is 35.5 Å². The van der Waals surface area contributed by atoms with Crippen molar-refractivity contribution in [2.24, 2.45) is 0 Å². The molecule has 2 aromatic rings. The Balaban J connectivity index is 1.69. The second kappa shape index (κ2) is 8.19. The predicted molar refractivity (Wildman–Crippen MR) is 114 cm³/mol. The van der Waals surface area contributed by atoms with Gasteiger partial charge in [0, 0.05) is 29.9 Å². The molecule has 10 heteroatoms. The number of rotatable bonds is 4. The summed E-state index contributed by atoms with van der Waals surface area (Å²) in [6.45, 7) is 6.23. The Kier molecular flexibility index (Phi) is 5.61. The molecule has 2 amide bonds. The van der Waals surface area contributed by atoms with Gasteiger partial charge < -0.3 is 20.3 Å². The Labute approximate surface area is 175 Å². The number of hydrogen-bond acceptors (Lipinski definition) is 7. The Morgan fingerprint density at radius 1 is 1.23 bits per heavy atom. The molecular formula is C20H25N5O4S. The molecule has 0 unspecified atom stereocenters. The summed E-state index contributed by atoms with van der Waals surface area (Å²) in [5.41, 5.74) is 2.67. The van der Waals surface area contributed by atoms with Gasteiger partial charge in [-0.2, -0.15) is 0 Å². The van der Waals surface area contributed by atoms with Crippen LogP contribution in [0.3, 0.4) is 0 Å². The van der Waals surface area contributed by atoms with Crippen molar-refractivity contribution < 1.29 is 17.9 Å². The van der Waals surface area contributed by atoms with Gasteiger partial charge in [0.25, 0.3) is 0 Å². The molecule has 1 aromatic carbocycles. The van der Waals surface area contributed by atoms with E-state index in [2.05, 4.69) is 20.5 Å². The molecule has 1 fully saturated rings. The summed E-state index contributed by atoms with van der Waals surface area (Å²) in [5, 5.41) is 5.43. The van der Waals surface area contributed by atoms with Crippen LogP contribution in [0.15, 0.2) is 24.3 Å². The molecule has 2 aliphatic rings. The van der Waals surface area contributed by atoms with Crippen molar-refractivity contribution >= 4 is 27.4 Å². The van der Waals surface area contributed by atoms with Crippen LogP contribution in [0, 0.1) is 0 Å². The summed E-state index contributed by atoms with van der Waals surface area (Å²) in [5.74, 6) is 1.05. The van der Waals surface area contributed by atoms with Crippen molar-refractivity contribution in [1.82, 2.24) is 15.3 Å². The lowest BCUT2D eigenvalue weighted by Gasteiger charge is -2.35. The number of carbonyl (C=O) groups excluding carboxylic acids is 1. The Hall–Kier alpha value is -2.72. The van der Waals surface area contributed by atoms with Gasteiger partial charge in [-0.3, -0.25) is 0 Å². The number of nitrogens with zero attached hydrogens (tertiary/aromatic N) is 3. The van der Waals surface area contributed by atoms with Crippen LogP contribution >= 0.6 is 0 Å². The molecule has 0 saturated carbocycles. The molecule has 1 aromatic heterocycles. The number of nitrogens with one attached hydrogen (secondary N) is 2. The van der Waals surface area contributed by atoms with Gasteiger partial charge in [0.1, 0.15) is 5.82 Å². The number of aromatic nitrogens is 2. The number of hydrogen-bond donors (Lipinski definition) is 2. The number of benzene rings is 1. The first kappa shape index (κ1) is 20.5. The van der Waals surface area contributed by atoms with E-state index in [1.54, 1.807) is 12.1 Å². The third-order valence-corrected chi connectivity index (χ3v) is 6.61. The highest BCUT2D eigenvalue weighted by Gasteiger charge is 2.34. The van der Waals surface area contributed by atoms with Gasteiger partial charge in [-0.1, -0.05) is 0 Å². The van der Waals surface area contributed by atoms with Crippen LogP contribution < -0.4 is 15.5 Å². The molecule has 2 N–H and O–H groups in total. The number of morpholine rings is 1. The molecule has 1 atom stereocenters. The van der Waals surface area contributed by atoms with Gasteiger partial charge in [-0.15, -0.1) is 0 Å². The molecule has 30 heavy (non-hydrogen) atoms. The van der Waals surface area contributed by atoms with Gasteiger partial charge in [0.2, 0.25) is 0 Å². The zero-order valence-corrected chi connectivity index (χ0v) is 17.8. The number of sulfone groups is 1. The SMILES string of the molecule is CCNC(=O)Nc1ccc(-c2nc3c(c(N4CCOC[C@H]4C)n2)CS(=O)(=O)C3)cc1. The summed E-state index contributed by atoms with van der Waals surface area (Å²) in [6, 6.07) is 7.01. The minimum absolute atomic E-state index is 0.0303. The van der Waals surface area contributed by atoms with E-state index in [9.17, 15) is 13.2 Å². The van der Waals surface area contributed by atoms with Gasteiger partial charge in [-0.05, 0) is 38.1 Å².